The number of fused-ring (bicyclic) bond motifs is 2. The predicted molar refractivity (Wildman–Crippen MR) is 101 cm³/mol. The Kier molecular flexibility index (Phi) is 4.44. The van der Waals surface area contributed by atoms with Crippen molar-refractivity contribution >= 4 is 39.2 Å². The highest BCUT2D eigenvalue weighted by molar-refractivity contribution is 7.21. The van der Waals surface area contributed by atoms with Gasteiger partial charge in [0.1, 0.15) is 9.71 Å². The Labute approximate surface area is 155 Å². The number of hydrogen-bond acceptors (Lipinski definition) is 6. The Hall–Kier alpha value is -2.35. The molecule has 2 amide bonds. The molecule has 2 N–H and O–H groups in total. The van der Waals surface area contributed by atoms with Crippen LogP contribution in [0.4, 0.5) is 10.5 Å². The summed E-state index contributed by atoms with van der Waals surface area (Å²) in [5.41, 5.74) is 9.22. The number of pyridine rings is 1. The van der Waals surface area contributed by atoms with Crippen molar-refractivity contribution in [3.63, 3.8) is 0 Å². The second-order valence-electron chi connectivity index (χ2n) is 6.62. The van der Waals surface area contributed by atoms with Crippen molar-refractivity contribution < 1.29 is 14.3 Å². The number of rotatable bonds is 2. The Morgan fingerprint density at radius 1 is 1.23 bits per heavy atom. The lowest BCUT2D eigenvalue weighted by Crippen LogP contribution is -2.50. The van der Waals surface area contributed by atoms with Crippen molar-refractivity contribution in [2.45, 2.75) is 26.2 Å². The maximum atomic E-state index is 12.9. The van der Waals surface area contributed by atoms with E-state index in [9.17, 15) is 9.59 Å². The van der Waals surface area contributed by atoms with Crippen molar-refractivity contribution in [1.29, 1.82) is 0 Å². The van der Waals surface area contributed by atoms with Crippen LogP contribution in [0.5, 0.6) is 0 Å². The van der Waals surface area contributed by atoms with Gasteiger partial charge in [-0.1, -0.05) is 0 Å². The molecule has 0 saturated carbocycles. The molecule has 0 unspecified atom stereocenters. The van der Waals surface area contributed by atoms with Crippen LogP contribution >= 0.6 is 11.3 Å². The molecule has 3 heterocycles. The zero-order chi connectivity index (χ0) is 18.3. The normalized spacial score (nSPS) is 16.8. The smallest absolute Gasteiger partial charge is 0.409 e. The Bertz CT molecular complexity index is 871. The van der Waals surface area contributed by atoms with Crippen LogP contribution in [0.15, 0.2) is 6.07 Å². The monoisotopic (exact) mass is 374 g/mol. The number of aromatic nitrogens is 1. The first-order valence-corrected chi connectivity index (χ1v) is 9.82. The highest BCUT2D eigenvalue weighted by atomic mass is 32.1. The van der Waals surface area contributed by atoms with Gasteiger partial charge in [0, 0.05) is 37.3 Å². The van der Waals surface area contributed by atoms with E-state index in [0.29, 0.717) is 43.4 Å². The van der Waals surface area contributed by atoms with Gasteiger partial charge >= 0.3 is 6.09 Å². The number of ether oxygens (including phenoxy) is 1. The Morgan fingerprint density at radius 2 is 1.96 bits per heavy atom. The summed E-state index contributed by atoms with van der Waals surface area (Å²) < 4.78 is 5.02. The number of nitrogens with two attached hydrogens (primary N) is 1. The molecule has 1 fully saturated rings. The number of hydrogen-bond donors (Lipinski definition) is 1. The molecule has 2 aliphatic rings. The van der Waals surface area contributed by atoms with Crippen LogP contribution in [0.1, 0.15) is 34.3 Å². The molecule has 0 spiro atoms. The van der Waals surface area contributed by atoms with E-state index in [0.717, 1.165) is 35.2 Å². The van der Waals surface area contributed by atoms with Crippen molar-refractivity contribution in [2.75, 3.05) is 38.5 Å². The van der Waals surface area contributed by atoms with Gasteiger partial charge in [-0.3, -0.25) is 4.79 Å². The third kappa shape index (κ3) is 2.88. The molecule has 7 nitrogen and oxygen atoms in total. The molecule has 4 rings (SSSR count). The van der Waals surface area contributed by atoms with E-state index in [1.807, 2.05) is 0 Å². The summed E-state index contributed by atoms with van der Waals surface area (Å²) in [6.45, 7) is 4.05. The molecular weight excluding hydrogens is 352 g/mol. The van der Waals surface area contributed by atoms with Crippen molar-refractivity contribution in [3.8, 4) is 0 Å². The first-order chi connectivity index (χ1) is 12.6. The lowest BCUT2D eigenvalue weighted by Gasteiger charge is -2.33. The molecule has 2 aromatic heterocycles. The van der Waals surface area contributed by atoms with Gasteiger partial charge in [-0.25, -0.2) is 9.78 Å². The van der Waals surface area contributed by atoms with E-state index in [1.54, 1.807) is 16.7 Å². The summed E-state index contributed by atoms with van der Waals surface area (Å²) in [5, 5.41) is 0.893. The van der Waals surface area contributed by atoms with Gasteiger partial charge in [-0.05, 0) is 37.8 Å². The average molecular weight is 374 g/mol. The Balaban J connectivity index is 1.52. The van der Waals surface area contributed by atoms with Gasteiger partial charge in [-0.2, -0.15) is 0 Å². The van der Waals surface area contributed by atoms with Crippen LogP contribution in [0, 0.1) is 0 Å². The number of aryl methyl sites for hydroxylation is 2. The van der Waals surface area contributed by atoms with Crippen LogP contribution < -0.4 is 5.73 Å². The zero-order valence-electron chi connectivity index (χ0n) is 14.8. The minimum Gasteiger partial charge on any atom is -0.450 e. The van der Waals surface area contributed by atoms with E-state index in [1.165, 1.54) is 16.9 Å². The SMILES string of the molecule is CCOC(=O)N1CCN(C(=O)c2sc3nc4c(cc3c2N)CCC4)CC1. The molecule has 1 aliphatic carbocycles. The maximum Gasteiger partial charge on any atom is 0.409 e. The predicted octanol–water partition coefficient (Wildman–Crippen LogP) is 2.28. The van der Waals surface area contributed by atoms with E-state index in [2.05, 4.69) is 6.07 Å². The molecule has 0 atom stereocenters. The molecular formula is C18H22N4O3S. The standard InChI is InChI=1S/C18H22N4O3S/c1-2-25-18(24)22-8-6-21(7-9-22)17(23)15-14(19)12-10-11-4-3-5-13(11)20-16(12)26-15/h10H,2-9,19H2,1H3. The number of carbonyl (C=O) groups excluding carboxylic acids is 2. The van der Waals surface area contributed by atoms with Crippen LogP contribution in [0.25, 0.3) is 10.2 Å². The summed E-state index contributed by atoms with van der Waals surface area (Å²) in [5.74, 6) is -0.0748. The summed E-state index contributed by atoms with van der Waals surface area (Å²) in [7, 11) is 0. The van der Waals surface area contributed by atoms with Gasteiger partial charge < -0.3 is 20.3 Å². The molecule has 1 aliphatic heterocycles. The summed E-state index contributed by atoms with van der Waals surface area (Å²) in [4.78, 5) is 34.2. The zero-order valence-corrected chi connectivity index (χ0v) is 15.6. The molecule has 26 heavy (non-hydrogen) atoms. The third-order valence-corrected chi connectivity index (χ3v) is 6.14. The van der Waals surface area contributed by atoms with Crippen molar-refractivity contribution in [1.82, 2.24) is 14.8 Å². The van der Waals surface area contributed by atoms with E-state index in [-0.39, 0.29) is 12.0 Å². The topological polar surface area (TPSA) is 88.8 Å². The third-order valence-electron chi connectivity index (χ3n) is 5.04. The average Bonchev–Trinajstić information content (AvgIpc) is 3.24. The molecule has 0 bridgehead atoms. The van der Waals surface area contributed by atoms with Gasteiger partial charge in [0.05, 0.1) is 12.3 Å². The minimum atomic E-state index is -0.320. The quantitative estimate of drug-likeness (QED) is 0.871. The number of anilines is 1. The highest BCUT2D eigenvalue weighted by Crippen LogP contribution is 2.36. The summed E-state index contributed by atoms with van der Waals surface area (Å²) >= 11 is 1.37. The molecule has 2 aromatic rings. The molecule has 1 saturated heterocycles. The highest BCUT2D eigenvalue weighted by Gasteiger charge is 2.28. The first-order valence-electron chi connectivity index (χ1n) is 9.00. The fraction of sp³-hybridized carbons (Fsp3) is 0.500. The fourth-order valence-corrected chi connectivity index (χ4v) is 4.67. The van der Waals surface area contributed by atoms with Crippen LogP contribution in [-0.4, -0.2) is 59.6 Å². The van der Waals surface area contributed by atoms with Crippen LogP contribution in [0.2, 0.25) is 0 Å². The molecule has 0 radical (unpaired) electrons. The van der Waals surface area contributed by atoms with Gasteiger partial charge in [0.15, 0.2) is 0 Å². The number of thiophene rings is 1. The van der Waals surface area contributed by atoms with E-state index < -0.39 is 0 Å². The number of amides is 2. The summed E-state index contributed by atoms with van der Waals surface area (Å²) in [6, 6.07) is 2.10. The number of nitrogen functional groups attached to an aromatic ring is 1. The second kappa shape index (κ2) is 6.75. The van der Waals surface area contributed by atoms with Crippen molar-refractivity contribution in [3.05, 3.63) is 22.2 Å². The number of piperazine rings is 1. The molecule has 0 aromatic carbocycles. The molecule has 8 heteroatoms. The van der Waals surface area contributed by atoms with Crippen molar-refractivity contribution in [2.24, 2.45) is 0 Å². The molecule has 138 valence electrons. The minimum absolute atomic E-state index is 0.0748. The Morgan fingerprint density at radius 3 is 2.69 bits per heavy atom. The fourth-order valence-electron chi connectivity index (χ4n) is 3.61. The van der Waals surface area contributed by atoms with Gasteiger partial charge in [0.2, 0.25) is 0 Å². The van der Waals surface area contributed by atoms with Gasteiger partial charge in [0.25, 0.3) is 5.91 Å². The number of nitrogens with zero attached hydrogens (tertiary/aromatic N) is 3. The van der Waals surface area contributed by atoms with Crippen LogP contribution in [0.3, 0.4) is 0 Å². The largest absolute Gasteiger partial charge is 0.450 e. The number of carbonyl (C=O) groups is 2. The van der Waals surface area contributed by atoms with Crippen LogP contribution in [-0.2, 0) is 17.6 Å². The summed E-state index contributed by atoms with van der Waals surface area (Å²) in [6.07, 6.45) is 2.85. The van der Waals surface area contributed by atoms with Gasteiger partial charge in [-0.15, -0.1) is 11.3 Å². The lowest BCUT2D eigenvalue weighted by atomic mass is 10.1. The van der Waals surface area contributed by atoms with E-state index in [4.69, 9.17) is 15.5 Å². The maximum absolute atomic E-state index is 12.9. The second-order valence-corrected chi connectivity index (χ2v) is 7.62. The lowest BCUT2D eigenvalue weighted by molar-refractivity contribution is 0.0575. The van der Waals surface area contributed by atoms with E-state index >= 15 is 0 Å². The first kappa shape index (κ1) is 17.1.